The Labute approximate surface area is 180 Å². The normalized spacial score (nSPS) is 11.4. The lowest BCUT2D eigenvalue weighted by atomic mass is 10.1. The maximum atomic E-state index is 12.8. The van der Waals surface area contributed by atoms with E-state index in [1.807, 2.05) is 20.8 Å². The summed E-state index contributed by atoms with van der Waals surface area (Å²) in [5.41, 5.74) is -0.117. The molecule has 0 saturated carbocycles. The number of anilines is 1. The average Bonchev–Trinajstić information content (AvgIpc) is 2.71. The standard InChI is InChI=1S/C21H24N2O7S/c1-21(2,3)22-18(24)13-6-8-16(9-7-13)23-31(27,28)17-11-14(19(25)29-4)10-15(12-17)20(26)30-5/h6-12,23H,1-5H3,(H,22,24). The molecule has 2 aromatic rings. The number of carbonyl (C=O) groups is 3. The molecule has 2 N–H and O–H groups in total. The van der Waals surface area contributed by atoms with Crippen molar-refractivity contribution < 1.29 is 32.3 Å². The van der Waals surface area contributed by atoms with Gasteiger partial charge in [0.05, 0.1) is 30.2 Å². The van der Waals surface area contributed by atoms with Gasteiger partial charge in [-0.05, 0) is 63.2 Å². The number of rotatable bonds is 6. The molecule has 31 heavy (non-hydrogen) atoms. The number of carbonyl (C=O) groups excluding carboxylic acids is 3. The molecule has 0 aliphatic carbocycles. The summed E-state index contributed by atoms with van der Waals surface area (Å²) in [6.45, 7) is 5.54. The van der Waals surface area contributed by atoms with Gasteiger partial charge in [0, 0.05) is 16.8 Å². The van der Waals surface area contributed by atoms with Gasteiger partial charge in [-0.15, -0.1) is 0 Å². The third-order valence-electron chi connectivity index (χ3n) is 3.95. The maximum Gasteiger partial charge on any atom is 0.337 e. The van der Waals surface area contributed by atoms with E-state index >= 15 is 0 Å². The van der Waals surface area contributed by atoms with Gasteiger partial charge in [0.25, 0.3) is 15.9 Å². The molecular formula is C21H24N2O7S. The summed E-state index contributed by atoms with van der Waals surface area (Å²) < 4.78 is 37.3. The second-order valence-electron chi connectivity index (χ2n) is 7.62. The summed E-state index contributed by atoms with van der Waals surface area (Å²) in [4.78, 5) is 35.6. The summed E-state index contributed by atoms with van der Waals surface area (Å²) >= 11 is 0. The van der Waals surface area contributed by atoms with Crippen LogP contribution in [0.1, 0.15) is 51.8 Å². The molecule has 0 aliphatic rings. The minimum atomic E-state index is -4.17. The summed E-state index contributed by atoms with van der Waals surface area (Å²) in [5.74, 6) is -1.91. The molecule has 0 radical (unpaired) electrons. The van der Waals surface area contributed by atoms with Crippen molar-refractivity contribution in [3.8, 4) is 0 Å². The van der Waals surface area contributed by atoms with Crippen molar-refractivity contribution in [1.29, 1.82) is 0 Å². The first-order valence-corrected chi connectivity index (χ1v) is 10.6. The van der Waals surface area contributed by atoms with Crippen molar-refractivity contribution in [2.45, 2.75) is 31.2 Å². The Balaban J connectivity index is 2.34. The van der Waals surface area contributed by atoms with Gasteiger partial charge in [0.1, 0.15) is 0 Å². The number of benzene rings is 2. The number of ether oxygens (including phenoxy) is 2. The molecule has 166 valence electrons. The quantitative estimate of drug-likeness (QED) is 0.650. The SMILES string of the molecule is COC(=O)c1cc(C(=O)OC)cc(S(=O)(=O)Nc2ccc(C(=O)NC(C)(C)C)cc2)c1. The van der Waals surface area contributed by atoms with E-state index in [0.717, 1.165) is 26.4 Å². The number of nitrogens with one attached hydrogen (secondary N) is 2. The number of amides is 1. The van der Waals surface area contributed by atoms with Crippen molar-refractivity contribution >= 4 is 33.6 Å². The Morgan fingerprint density at radius 1 is 0.806 bits per heavy atom. The van der Waals surface area contributed by atoms with Gasteiger partial charge in [-0.25, -0.2) is 18.0 Å². The molecular weight excluding hydrogens is 424 g/mol. The first-order chi connectivity index (χ1) is 14.4. The number of methoxy groups -OCH3 is 2. The van der Waals surface area contributed by atoms with Gasteiger partial charge >= 0.3 is 11.9 Å². The van der Waals surface area contributed by atoms with E-state index < -0.39 is 27.5 Å². The van der Waals surface area contributed by atoms with E-state index in [1.165, 1.54) is 30.3 Å². The van der Waals surface area contributed by atoms with Crippen LogP contribution in [-0.2, 0) is 19.5 Å². The fourth-order valence-corrected chi connectivity index (χ4v) is 3.67. The zero-order valence-electron chi connectivity index (χ0n) is 17.8. The third kappa shape index (κ3) is 6.29. The molecule has 10 heteroatoms. The summed E-state index contributed by atoms with van der Waals surface area (Å²) in [5, 5.41) is 2.81. The van der Waals surface area contributed by atoms with Crippen LogP contribution in [0, 0.1) is 0 Å². The molecule has 2 rings (SSSR count). The van der Waals surface area contributed by atoms with Crippen LogP contribution in [0.4, 0.5) is 5.69 Å². The van der Waals surface area contributed by atoms with Crippen LogP contribution in [0.5, 0.6) is 0 Å². The largest absolute Gasteiger partial charge is 0.465 e. The molecule has 0 bridgehead atoms. The van der Waals surface area contributed by atoms with Gasteiger partial charge in [0.15, 0.2) is 0 Å². The molecule has 0 heterocycles. The van der Waals surface area contributed by atoms with E-state index in [4.69, 9.17) is 0 Å². The Kier molecular flexibility index (Phi) is 7.06. The van der Waals surface area contributed by atoms with Crippen LogP contribution in [0.2, 0.25) is 0 Å². The number of hydrogen-bond acceptors (Lipinski definition) is 7. The molecule has 1 amide bonds. The molecule has 0 fully saturated rings. The minimum absolute atomic E-state index is 0.125. The second-order valence-corrected chi connectivity index (χ2v) is 9.30. The van der Waals surface area contributed by atoms with Crippen molar-refractivity contribution in [2.24, 2.45) is 0 Å². The lowest BCUT2D eigenvalue weighted by Crippen LogP contribution is -2.40. The van der Waals surface area contributed by atoms with Crippen molar-refractivity contribution in [3.63, 3.8) is 0 Å². The molecule has 0 aromatic heterocycles. The second kappa shape index (κ2) is 9.17. The topological polar surface area (TPSA) is 128 Å². The fraction of sp³-hybridized carbons (Fsp3) is 0.286. The van der Waals surface area contributed by atoms with Crippen LogP contribution < -0.4 is 10.0 Å². The van der Waals surface area contributed by atoms with Gasteiger partial charge in [-0.1, -0.05) is 0 Å². The van der Waals surface area contributed by atoms with Crippen molar-refractivity contribution in [1.82, 2.24) is 5.32 Å². The lowest BCUT2D eigenvalue weighted by Gasteiger charge is -2.20. The first kappa shape index (κ1) is 23.9. The highest BCUT2D eigenvalue weighted by atomic mass is 32.2. The molecule has 0 aliphatic heterocycles. The summed E-state index contributed by atoms with van der Waals surface area (Å²) in [7, 11) is -1.90. The van der Waals surface area contributed by atoms with Crippen LogP contribution >= 0.6 is 0 Å². The third-order valence-corrected chi connectivity index (χ3v) is 5.31. The van der Waals surface area contributed by atoms with E-state index in [1.54, 1.807) is 0 Å². The molecule has 0 spiro atoms. The van der Waals surface area contributed by atoms with E-state index in [9.17, 15) is 22.8 Å². The monoisotopic (exact) mass is 448 g/mol. The number of hydrogen-bond donors (Lipinski definition) is 2. The molecule has 0 unspecified atom stereocenters. The van der Waals surface area contributed by atoms with Gasteiger partial charge in [0.2, 0.25) is 0 Å². The van der Waals surface area contributed by atoms with Crippen LogP contribution in [0.15, 0.2) is 47.4 Å². The highest BCUT2D eigenvalue weighted by molar-refractivity contribution is 7.92. The average molecular weight is 448 g/mol. The highest BCUT2D eigenvalue weighted by Gasteiger charge is 2.22. The zero-order valence-corrected chi connectivity index (χ0v) is 18.6. The van der Waals surface area contributed by atoms with E-state index in [2.05, 4.69) is 19.5 Å². The minimum Gasteiger partial charge on any atom is -0.465 e. The Morgan fingerprint density at radius 3 is 1.71 bits per heavy atom. The van der Waals surface area contributed by atoms with Crippen molar-refractivity contribution in [2.75, 3.05) is 18.9 Å². The van der Waals surface area contributed by atoms with Gasteiger partial charge < -0.3 is 14.8 Å². The van der Waals surface area contributed by atoms with Gasteiger partial charge in [-0.2, -0.15) is 0 Å². The Morgan fingerprint density at radius 2 is 1.29 bits per heavy atom. The first-order valence-electron chi connectivity index (χ1n) is 9.13. The van der Waals surface area contributed by atoms with Crippen LogP contribution in [0.3, 0.4) is 0 Å². The predicted molar refractivity (Wildman–Crippen MR) is 114 cm³/mol. The van der Waals surface area contributed by atoms with Crippen molar-refractivity contribution in [3.05, 3.63) is 59.2 Å². The van der Waals surface area contributed by atoms with Crippen LogP contribution in [-0.4, -0.2) is 46.0 Å². The predicted octanol–water partition coefficient (Wildman–Crippen LogP) is 2.59. The Bertz CT molecular complexity index is 1070. The summed E-state index contributed by atoms with van der Waals surface area (Å²) in [6.07, 6.45) is 0. The van der Waals surface area contributed by atoms with E-state index in [0.29, 0.717) is 5.56 Å². The molecule has 0 atom stereocenters. The molecule has 9 nitrogen and oxygen atoms in total. The van der Waals surface area contributed by atoms with E-state index in [-0.39, 0.29) is 27.6 Å². The maximum absolute atomic E-state index is 12.8. The summed E-state index contributed by atoms with van der Waals surface area (Å²) in [6, 6.07) is 9.17. The fourth-order valence-electron chi connectivity index (χ4n) is 2.54. The van der Waals surface area contributed by atoms with Crippen LogP contribution in [0.25, 0.3) is 0 Å². The lowest BCUT2D eigenvalue weighted by molar-refractivity contribution is 0.0598. The Hall–Kier alpha value is -3.40. The smallest absolute Gasteiger partial charge is 0.337 e. The molecule has 0 saturated heterocycles. The number of sulfonamides is 1. The highest BCUT2D eigenvalue weighted by Crippen LogP contribution is 2.21. The van der Waals surface area contributed by atoms with Gasteiger partial charge in [-0.3, -0.25) is 9.52 Å². The molecule has 2 aromatic carbocycles. The number of esters is 2. The zero-order chi connectivity index (χ0) is 23.4.